The molecule has 9 heteroatoms. The number of carbonyl (C=O) groups excluding carboxylic acids is 1. The quantitative estimate of drug-likeness (QED) is 0.104. The summed E-state index contributed by atoms with van der Waals surface area (Å²) in [5, 5.41) is 4.10. The summed E-state index contributed by atoms with van der Waals surface area (Å²) < 4.78 is 37.7. The first-order chi connectivity index (χ1) is 19.5. The molecule has 0 fully saturated rings. The van der Waals surface area contributed by atoms with E-state index < -0.39 is 5.91 Å². The second-order valence-corrected chi connectivity index (χ2v) is 9.64. The van der Waals surface area contributed by atoms with Gasteiger partial charge in [-0.25, -0.2) is 9.82 Å². The number of hydrogen-bond acceptors (Lipinski definition) is 6. The molecule has 0 radical (unpaired) electrons. The van der Waals surface area contributed by atoms with Crippen LogP contribution in [0.15, 0.2) is 90.0 Å². The van der Waals surface area contributed by atoms with Crippen molar-refractivity contribution < 1.29 is 28.1 Å². The molecule has 4 aromatic carbocycles. The molecule has 40 heavy (non-hydrogen) atoms. The minimum atomic E-state index is -0.409. The molecule has 0 unspecified atom stereocenters. The second kappa shape index (κ2) is 14.3. The molecule has 4 aromatic rings. The Morgan fingerprint density at radius 2 is 1.68 bits per heavy atom. The van der Waals surface area contributed by atoms with E-state index in [4.69, 9.17) is 18.9 Å². The van der Waals surface area contributed by atoms with Crippen molar-refractivity contribution in [3.8, 4) is 23.0 Å². The lowest BCUT2D eigenvalue weighted by Gasteiger charge is -2.15. The average molecular weight is 654 g/mol. The van der Waals surface area contributed by atoms with Crippen LogP contribution in [0.3, 0.4) is 0 Å². The van der Waals surface area contributed by atoms with Gasteiger partial charge in [-0.2, -0.15) is 5.10 Å². The second-order valence-electron chi connectivity index (χ2n) is 8.48. The summed E-state index contributed by atoms with van der Waals surface area (Å²) in [5.74, 6) is 1.23. The Labute approximate surface area is 246 Å². The molecule has 0 heterocycles. The van der Waals surface area contributed by atoms with Gasteiger partial charge in [0.15, 0.2) is 23.0 Å². The fraction of sp³-hybridized carbons (Fsp3) is 0.161. The van der Waals surface area contributed by atoms with Crippen molar-refractivity contribution in [3.63, 3.8) is 0 Å². The standard InChI is InChI=1S/C31H28FIN2O5/c1-3-38-29-16-22(15-26(33)30(29)40-20-24-11-7-8-12-25(24)32)18-34-35-31(36)23-13-14-27(28(17-23)37-2)39-19-21-9-5-4-6-10-21/h4-18H,3,19-20H2,1-2H3,(H,35,36)/b34-18+. The maximum atomic E-state index is 14.0. The maximum absolute atomic E-state index is 14.0. The number of amides is 1. The third kappa shape index (κ3) is 7.72. The molecular formula is C31H28FIN2O5. The van der Waals surface area contributed by atoms with Crippen molar-refractivity contribution in [2.75, 3.05) is 13.7 Å². The lowest BCUT2D eigenvalue weighted by molar-refractivity contribution is 0.0954. The van der Waals surface area contributed by atoms with E-state index in [1.807, 2.05) is 43.3 Å². The highest BCUT2D eigenvalue weighted by Crippen LogP contribution is 2.35. The number of carbonyl (C=O) groups is 1. The molecule has 0 aliphatic heterocycles. The summed E-state index contributed by atoms with van der Waals surface area (Å²) in [6, 6.07) is 24.7. The van der Waals surface area contributed by atoms with Gasteiger partial charge in [-0.3, -0.25) is 4.79 Å². The number of halogens is 2. The lowest BCUT2D eigenvalue weighted by atomic mass is 10.2. The zero-order valence-corrected chi connectivity index (χ0v) is 24.2. The Bertz CT molecular complexity index is 1480. The zero-order valence-electron chi connectivity index (χ0n) is 22.0. The number of benzene rings is 4. The normalized spacial score (nSPS) is 10.8. The van der Waals surface area contributed by atoms with Gasteiger partial charge in [-0.05, 0) is 77.0 Å². The molecule has 1 amide bonds. The van der Waals surface area contributed by atoms with Gasteiger partial charge in [0.1, 0.15) is 19.0 Å². The molecule has 206 valence electrons. The van der Waals surface area contributed by atoms with Crippen LogP contribution in [0.5, 0.6) is 23.0 Å². The van der Waals surface area contributed by atoms with Gasteiger partial charge in [-0.1, -0.05) is 48.5 Å². The molecule has 0 bridgehead atoms. The van der Waals surface area contributed by atoms with Gasteiger partial charge in [0, 0.05) is 11.1 Å². The first kappa shape index (κ1) is 28.9. The summed E-state index contributed by atoms with van der Waals surface area (Å²) >= 11 is 2.12. The monoisotopic (exact) mass is 654 g/mol. The largest absolute Gasteiger partial charge is 0.493 e. The van der Waals surface area contributed by atoms with Gasteiger partial charge in [-0.15, -0.1) is 0 Å². The summed E-state index contributed by atoms with van der Waals surface area (Å²) in [5.41, 5.74) is 5.05. The first-order valence-electron chi connectivity index (χ1n) is 12.5. The summed E-state index contributed by atoms with van der Waals surface area (Å²) in [7, 11) is 1.52. The number of hydrogen-bond donors (Lipinski definition) is 1. The van der Waals surface area contributed by atoms with Gasteiger partial charge >= 0.3 is 0 Å². The average Bonchev–Trinajstić information content (AvgIpc) is 2.97. The van der Waals surface area contributed by atoms with Crippen LogP contribution in [0.2, 0.25) is 0 Å². The minimum Gasteiger partial charge on any atom is -0.493 e. The predicted molar refractivity (Wildman–Crippen MR) is 160 cm³/mol. The molecule has 0 saturated carbocycles. The minimum absolute atomic E-state index is 0.0613. The molecule has 0 aromatic heterocycles. The van der Waals surface area contributed by atoms with E-state index >= 15 is 0 Å². The Kier molecular flexibility index (Phi) is 10.3. The van der Waals surface area contributed by atoms with Crippen molar-refractivity contribution in [1.82, 2.24) is 5.43 Å². The van der Waals surface area contributed by atoms with Crippen molar-refractivity contribution >= 4 is 34.7 Å². The molecule has 1 N–H and O–H groups in total. The lowest BCUT2D eigenvalue weighted by Crippen LogP contribution is -2.17. The van der Waals surface area contributed by atoms with Crippen LogP contribution < -0.4 is 24.4 Å². The van der Waals surface area contributed by atoms with E-state index in [2.05, 4.69) is 33.1 Å². The molecule has 4 rings (SSSR count). The Hall–Kier alpha value is -4.12. The predicted octanol–water partition coefficient (Wildman–Crippen LogP) is 6.76. The number of ether oxygens (including phenoxy) is 4. The molecule has 0 aliphatic carbocycles. The number of hydrazone groups is 1. The number of methoxy groups -OCH3 is 1. The van der Waals surface area contributed by atoms with E-state index in [1.54, 1.807) is 42.5 Å². The van der Waals surface area contributed by atoms with E-state index in [9.17, 15) is 9.18 Å². The topological polar surface area (TPSA) is 78.4 Å². The van der Waals surface area contributed by atoms with Crippen LogP contribution in [0.25, 0.3) is 0 Å². The van der Waals surface area contributed by atoms with Crippen molar-refractivity contribution in [2.24, 2.45) is 5.10 Å². The first-order valence-corrected chi connectivity index (χ1v) is 13.6. The van der Waals surface area contributed by atoms with Crippen molar-refractivity contribution in [1.29, 1.82) is 0 Å². The van der Waals surface area contributed by atoms with Crippen LogP contribution in [-0.4, -0.2) is 25.8 Å². The van der Waals surface area contributed by atoms with Crippen LogP contribution in [0, 0.1) is 9.39 Å². The third-order valence-electron chi connectivity index (χ3n) is 5.70. The third-order valence-corrected chi connectivity index (χ3v) is 6.51. The number of nitrogens with zero attached hydrogens (tertiary/aromatic N) is 1. The van der Waals surface area contributed by atoms with Crippen LogP contribution in [0.1, 0.15) is 34.0 Å². The SMILES string of the molecule is CCOc1cc(/C=N/NC(=O)c2ccc(OCc3ccccc3)c(OC)c2)cc(I)c1OCc1ccccc1F. The van der Waals surface area contributed by atoms with Gasteiger partial charge in [0.2, 0.25) is 0 Å². The molecular weight excluding hydrogens is 626 g/mol. The smallest absolute Gasteiger partial charge is 0.271 e. The van der Waals surface area contributed by atoms with E-state index in [0.29, 0.717) is 52.9 Å². The Morgan fingerprint density at radius 1 is 0.900 bits per heavy atom. The summed E-state index contributed by atoms with van der Waals surface area (Å²) in [6.07, 6.45) is 1.51. The maximum Gasteiger partial charge on any atom is 0.271 e. The molecule has 7 nitrogen and oxygen atoms in total. The van der Waals surface area contributed by atoms with Crippen LogP contribution >= 0.6 is 22.6 Å². The Morgan fingerprint density at radius 3 is 2.42 bits per heavy atom. The van der Waals surface area contributed by atoms with Crippen LogP contribution in [-0.2, 0) is 13.2 Å². The van der Waals surface area contributed by atoms with E-state index in [1.165, 1.54) is 19.4 Å². The fourth-order valence-corrected chi connectivity index (χ4v) is 4.51. The van der Waals surface area contributed by atoms with Crippen molar-refractivity contribution in [3.05, 3.63) is 117 Å². The highest BCUT2D eigenvalue weighted by Gasteiger charge is 2.14. The van der Waals surface area contributed by atoms with Gasteiger partial charge < -0.3 is 18.9 Å². The van der Waals surface area contributed by atoms with Gasteiger partial charge in [0.05, 0.1) is 23.5 Å². The Balaban J connectivity index is 1.41. The van der Waals surface area contributed by atoms with Gasteiger partial charge in [0.25, 0.3) is 5.91 Å². The zero-order chi connectivity index (χ0) is 28.3. The van der Waals surface area contributed by atoms with Crippen LogP contribution in [0.4, 0.5) is 4.39 Å². The van der Waals surface area contributed by atoms with E-state index in [-0.39, 0.29) is 12.4 Å². The summed E-state index contributed by atoms with van der Waals surface area (Å²) in [6.45, 7) is 2.71. The summed E-state index contributed by atoms with van der Waals surface area (Å²) in [4.78, 5) is 12.7. The molecule has 0 atom stereocenters. The highest BCUT2D eigenvalue weighted by molar-refractivity contribution is 14.1. The molecule has 0 spiro atoms. The molecule has 0 saturated heterocycles. The molecule has 0 aliphatic rings. The van der Waals surface area contributed by atoms with E-state index in [0.717, 1.165) is 9.13 Å². The number of rotatable bonds is 12. The fourth-order valence-electron chi connectivity index (χ4n) is 3.72. The highest BCUT2D eigenvalue weighted by atomic mass is 127. The van der Waals surface area contributed by atoms with Crippen molar-refractivity contribution in [2.45, 2.75) is 20.1 Å². The number of nitrogens with one attached hydrogen (secondary N) is 1.